The minimum atomic E-state index is -3.27. The molecule has 0 fully saturated rings. The van der Waals surface area contributed by atoms with E-state index in [1.165, 1.54) is 30.1 Å². The van der Waals surface area contributed by atoms with Crippen molar-refractivity contribution in [2.24, 2.45) is 0 Å². The van der Waals surface area contributed by atoms with Gasteiger partial charge < -0.3 is 5.11 Å². The van der Waals surface area contributed by atoms with E-state index >= 15 is 0 Å². The summed E-state index contributed by atoms with van der Waals surface area (Å²) < 4.78 is 24.2. The lowest BCUT2D eigenvalue weighted by atomic mass is 10.2. The van der Waals surface area contributed by atoms with Gasteiger partial charge in [-0.25, -0.2) is 18.2 Å². The molecule has 0 amide bonds. The maximum Gasteiger partial charge on any atom is 0.335 e. The quantitative estimate of drug-likeness (QED) is 0.934. The molecule has 108 valence electrons. The van der Waals surface area contributed by atoms with E-state index in [0.717, 1.165) is 5.56 Å². The lowest BCUT2D eigenvalue weighted by Crippen LogP contribution is -2.02. The Hall–Kier alpha value is -1.86. The molecule has 2 heterocycles. The Labute approximate surface area is 126 Å². The number of sulfone groups is 1. The molecule has 1 atom stereocenters. The summed E-state index contributed by atoms with van der Waals surface area (Å²) in [5.74, 6) is -1.02. The maximum absolute atomic E-state index is 12.1. The number of rotatable bonds is 3. The molecular weight excluding hydrogens is 310 g/mol. The molecular formula is C14H11NO4S2. The number of nitrogens with zero attached hydrogens (tertiary/aromatic N) is 1. The van der Waals surface area contributed by atoms with Gasteiger partial charge in [0.1, 0.15) is 0 Å². The van der Waals surface area contributed by atoms with Gasteiger partial charge in [-0.1, -0.05) is 30.0 Å². The number of pyridine rings is 1. The predicted octanol–water partition coefficient (Wildman–Crippen LogP) is 2.40. The average Bonchev–Trinajstić information content (AvgIpc) is 2.71. The highest BCUT2D eigenvalue weighted by Gasteiger charge is 2.35. The predicted molar refractivity (Wildman–Crippen MR) is 78.3 cm³/mol. The number of aromatic carboxylic acids is 1. The molecule has 1 aromatic heterocycles. The fourth-order valence-corrected chi connectivity index (χ4v) is 5.70. The van der Waals surface area contributed by atoms with Crippen molar-refractivity contribution < 1.29 is 18.3 Å². The Balaban J connectivity index is 1.94. The third-order valence-corrected chi connectivity index (χ3v) is 6.41. The van der Waals surface area contributed by atoms with Crippen molar-refractivity contribution in [3.8, 4) is 0 Å². The van der Waals surface area contributed by atoms with E-state index in [0.29, 0.717) is 9.92 Å². The third-order valence-electron chi connectivity index (χ3n) is 3.22. The van der Waals surface area contributed by atoms with Gasteiger partial charge >= 0.3 is 5.97 Å². The van der Waals surface area contributed by atoms with E-state index in [1.54, 1.807) is 24.3 Å². The van der Waals surface area contributed by atoms with E-state index in [2.05, 4.69) is 4.98 Å². The van der Waals surface area contributed by atoms with Crippen molar-refractivity contribution in [2.45, 2.75) is 15.2 Å². The monoisotopic (exact) mass is 321 g/mol. The van der Waals surface area contributed by atoms with Gasteiger partial charge in [-0.15, -0.1) is 0 Å². The number of thioether (sulfide) groups is 1. The number of aromatic nitrogens is 1. The van der Waals surface area contributed by atoms with Crippen LogP contribution in [0.25, 0.3) is 0 Å². The topological polar surface area (TPSA) is 84.3 Å². The molecule has 0 saturated carbocycles. The van der Waals surface area contributed by atoms with Crippen LogP contribution in [0.2, 0.25) is 0 Å². The molecule has 2 aromatic rings. The zero-order chi connectivity index (χ0) is 15.0. The normalized spacial score (nSPS) is 19.1. The summed E-state index contributed by atoms with van der Waals surface area (Å²) in [7, 11) is -3.27. The molecule has 0 saturated heterocycles. The van der Waals surface area contributed by atoms with Crippen LogP contribution in [-0.4, -0.2) is 30.2 Å². The van der Waals surface area contributed by atoms with Crippen LogP contribution in [0.5, 0.6) is 0 Å². The Morgan fingerprint density at radius 2 is 2.05 bits per heavy atom. The molecule has 1 N–H and O–H groups in total. The lowest BCUT2D eigenvalue weighted by Gasteiger charge is -2.09. The molecule has 0 bridgehead atoms. The van der Waals surface area contributed by atoms with Crippen LogP contribution in [0.1, 0.15) is 21.2 Å². The summed E-state index contributed by atoms with van der Waals surface area (Å²) in [5.41, 5.74) is 0.895. The SMILES string of the molecule is O=C(O)c1ccnc(SC2CS(=O)(=O)c3ccccc32)c1. The number of benzene rings is 1. The largest absolute Gasteiger partial charge is 0.478 e. The number of hydrogen-bond donors (Lipinski definition) is 1. The summed E-state index contributed by atoms with van der Waals surface area (Å²) in [4.78, 5) is 15.4. The first-order valence-corrected chi connectivity index (χ1v) is 8.68. The second-order valence-corrected chi connectivity index (χ2v) is 7.84. The number of fused-ring (bicyclic) bond motifs is 1. The Bertz CT molecular complexity index is 817. The molecule has 21 heavy (non-hydrogen) atoms. The van der Waals surface area contributed by atoms with Crippen LogP contribution in [-0.2, 0) is 9.84 Å². The van der Waals surface area contributed by atoms with E-state index in [1.807, 2.05) is 0 Å². The second kappa shape index (κ2) is 5.16. The molecule has 0 spiro atoms. The Kier molecular flexibility index (Phi) is 3.46. The van der Waals surface area contributed by atoms with Crippen molar-refractivity contribution in [3.63, 3.8) is 0 Å². The summed E-state index contributed by atoms with van der Waals surface area (Å²) in [5, 5.41) is 9.22. The van der Waals surface area contributed by atoms with Crippen molar-refractivity contribution >= 4 is 27.6 Å². The molecule has 1 aliphatic heterocycles. The molecule has 1 aliphatic rings. The molecule has 5 nitrogen and oxygen atoms in total. The Morgan fingerprint density at radius 1 is 1.29 bits per heavy atom. The van der Waals surface area contributed by atoms with Crippen LogP contribution in [0.15, 0.2) is 52.5 Å². The summed E-state index contributed by atoms with van der Waals surface area (Å²) in [6, 6.07) is 9.76. The number of carboxylic acids is 1. The van der Waals surface area contributed by atoms with E-state index in [4.69, 9.17) is 5.11 Å². The second-order valence-electron chi connectivity index (χ2n) is 4.61. The fourth-order valence-electron chi connectivity index (χ4n) is 2.26. The number of hydrogen-bond acceptors (Lipinski definition) is 5. The first kappa shape index (κ1) is 14.1. The highest BCUT2D eigenvalue weighted by atomic mass is 32.2. The summed E-state index contributed by atoms with van der Waals surface area (Å²) in [6.07, 6.45) is 1.42. The minimum Gasteiger partial charge on any atom is -0.478 e. The van der Waals surface area contributed by atoms with E-state index < -0.39 is 15.8 Å². The Morgan fingerprint density at radius 3 is 2.81 bits per heavy atom. The standard InChI is InChI=1S/C14H11NO4S2/c16-14(17)9-5-6-15-13(7-9)20-11-8-21(18,19)12-4-2-1-3-10(11)12/h1-7,11H,8H2,(H,16,17). The third kappa shape index (κ3) is 2.66. The van der Waals surface area contributed by atoms with Crippen LogP contribution in [0.4, 0.5) is 0 Å². The van der Waals surface area contributed by atoms with Crippen molar-refractivity contribution in [3.05, 3.63) is 53.7 Å². The van der Waals surface area contributed by atoms with Gasteiger partial charge in [0.15, 0.2) is 9.84 Å². The molecule has 1 unspecified atom stereocenters. The van der Waals surface area contributed by atoms with Gasteiger partial charge in [0, 0.05) is 6.20 Å². The first-order chi connectivity index (χ1) is 9.97. The first-order valence-electron chi connectivity index (χ1n) is 6.15. The minimum absolute atomic E-state index is 0.00991. The van der Waals surface area contributed by atoms with Crippen molar-refractivity contribution in [2.75, 3.05) is 5.75 Å². The molecule has 7 heteroatoms. The summed E-state index contributed by atoms with van der Waals surface area (Å²) in [6.45, 7) is 0. The smallest absolute Gasteiger partial charge is 0.335 e. The summed E-state index contributed by atoms with van der Waals surface area (Å²) >= 11 is 1.27. The lowest BCUT2D eigenvalue weighted by molar-refractivity contribution is 0.0696. The molecule has 3 rings (SSSR count). The zero-order valence-electron chi connectivity index (χ0n) is 10.8. The molecule has 1 aromatic carbocycles. The van der Waals surface area contributed by atoms with E-state index in [9.17, 15) is 13.2 Å². The fraction of sp³-hybridized carbons (Fsp3) is 0.143. The number of carbonyl (C=O) groups is 1. The van der Waals surface area contributed by atoms with Crippen LogP contribution < -0.4 is 0 Å². The molecule has 0 radical (unpaired) electrons. The van der Waals surface area contributed by atoms with Gasteiger partial charge in [-0.2, -0.15) is 0 Å². The highest BCUT2D eigenvalue weighted by Crippen LogP contribution is 2.44. The van der Waals surface area contributed by atoms with Gasteiger partial charge in [-0.3, -0.25) is 0 Å². The van der Waals surface area contributed by atoms with E-state index in [-0.39, 0.29) is 16.6 Å². The van der Waals surface area contributed by atoms with Gasteiger partial charge in [0.05, 0.1) is 26.5 Å². The molecule has 0 aliphatic carbocycles. The van der Waals surface area contributed by atoms with Gasteiger partial charge in [0.2, 0.25) is 0 Å². The van der Waals surface area contributed by atoms with Gasteiger partial charge in [0.25, 0.3) is 0 Å². The van der Waals surface area contributed by atoms with Crippen molar-refractivity contribution in [1.29, 1.82) is 0 Å². The maximum atomic E-state index is 12.1. The zero-order valence-corrected chi connectivity index (χ0v) is 12.4. The number of carboxylic acid groups (broad SMARTS) is 1. The van der Waals surface area contributed by atoms with Crippen LogP contribution in [0.3, 0.4) is 0 Å². The van der Waals surface area contributed by atoms with Gasteiger partial charge in [-0.05, 0) is 23.8 Å². The van der Waals surface area contributed by atoms with Crippen LogP contribution >= 0.6 is 11.8 Å². The highest BCUT2D eigenvalue weighted by molar-refractivity contribution is 8.01. The average molecular weight is 321 g/mol. The van der Waals surface area contributed by atoms with Crippen LogP contribution in [0, 0.1) is 0 Å². The van der Waals surface area contributed by atoms with Crippen molar-refractivity contribution in [1.82, 2.24) is 4.98 Å².